The van der Waals surface area contributed by atoms with Crippen molar-refractivity contribution in [2.75, 3.05) is 7.11 Å². The van der Waals surface area contributed by atoms with Crippen molar-refractivity contribution >= 4 is 21.4 Å². The van der Waals surface area contributed by atoms with E-state index >= 15 is 0 Å². The van der Waals surface area contributed by atoms with Gasteiger partial charge in [-0.25, -0.2) is 0 Å². The van der Waals surface area contributed by atoms with E-state index in [1.54, 1.807) is 7.11 Å². The molecule has 0 bridgehead atoms. The van der Waals surface area contributed by atoms with Crippen molar-refractivity contribution in [1.82, 2.24) is 0 Å². The van der Waals surface area contributed by atoms with Gasteiger partial charge in [0.2, 0.25) is 0 Å². The molecule has 0 radical (unpaired) electrons. The molecule has 1 heterocycles. The number of methoxy groups -OCH3 is 1. The van der Waals surface area contributed by atoms with Crippen LogP contribution in [0.2, 0.25) is 0 Å². The Morgan fingerprint density at radius 1 is 1.00 bits per heavy atom. The van der Waals surface area contributed by atoms with Gasteiger partial charge in [0.15, 0.2) is 0 Å². The van der Waals surface area contributed by atoms with Crippen LogP contribution >= 0.6 is 11.3 Å². The van der Waals surface area contributed by atoms with E-state index in [0.717, 1.165) is 12.2 Å². The van der Waals surface area contributed by atoms with Crippen molar-refractivity contribution in [3.05, 3.63) is 64.0 Å². The Hall–Kier alpha value is -1.80. The Balaban J connectivity index is 1.96. The molecule has 2 heteroatoms. The highest BCUT2D eigenvalue weighted by Gasteiger charge is 2.09. The summed E-state index contributed by atoms with van der Waals surface area (Å²) in [4.78, 5) is 1.42. The molecule has 0 aliphatic rings. The van der Waals surface area contributed by atoms with E-state index in [9.17, 15) is 0 Å². The molecule has 0 saturated heterocycles. The summed E-state index contributed by atoms with van der Waals surface area (Å²) in [5.74, 6) is 0.975. The third-order valence-corrected chi connectivity index (χ3v) is 5.03. The Labute approximate surface area is 123 Å². The second-order valence-electron chi connectivity index (χ2n) is 5.10. The van der Waals surface area contributed by atoms with Crippen molar-refractivity contribution in [3.63, 3.8) is 0 Å². The highest BCUT2D eigenvalue weighted by Crippen LogP contribution is 2.30. The molecule has 0 unspecified atom stereocenters. The molecule has 3 aromatic rings. The number of rotatable bonds is 3. The fraction of sp³-hybridized carbons (Fsp3) is 0.222. The van der Waals surface area contributed by atoms with Crippen molar-refractivity contribution in [2.45, 2.75) is 20.3 Å². The van der Waals surface area contributed by atoms with E-state index in [1.165, 1.54) is 31.7 Å². The monoisotopic (exact) mass is 282 g/mol. The third kappa shape index (κ3) is 2.32. The lowest BCUT2D eigenvalue weighted by atomic mass is 9.99. The number of hydrogen-bond acceptors (Lipinski definition) is 2. The summed E-state index contributed by atoms with van der Waals surface area (Å²) in [6, 6.07) is 15.1. The molecule has 0 aliphatic heterocycles. The summed E-state index contributed by atoms with van der Waals surface area (Å²) in [6.45, 7) is 4.31. The summed E-state index contributed by atoms with van der Waals surface area (Å²) in [6.07, 6.45) is 0.996. The third-order valence-electron chi connectivity index (χ3n) is 3.91. The van der Waals surface area contributed by atoms with Crippen LogP contribution in [0.15, 0.2) is 42.5 Å². The molecule has 20 heavy (non-hydrogen) atoms. The zero-order chi connectivity index (χ0) is 14.1. The summed E-state index contributed by atoms with van der Waals surface area (Å²) < 4.78 is 6.75. The van der Waals surface area contributed by atoms with Gasteiger partial charge < -0.3 is 4.74 Å². The fourth-order valence-corrected chi connectivity index (χ4v) is 3.66. The predicted octanol–water partition coefficient (Wildman–Crippen LogP) is 5.12. The zero-order valence-electron chi connectivity index (χ0n) is 12.1. The first kappa shape index (κ1) is 13.2. The van der Waals surface area contributed by atoms with E-state index < -0.39 is 0 Å². The minimum atomic E-state index is 0.975. The summed E-state index contributed by atoms with van der Waals surface area (Å²) in [5, 5.41) is 1.34. The first-order chi connectivity index (χ1) is 9.69. The van der Waals surface area contributed by atoms with Crippen LogP contribution in [-0.2, 0) is 6.42 Å². The van der Waals surface area contributed by atoms with Crippen LogP contribution in [0, 0.1) is 13.8 Å². The maximum atomic E-state index is 5.38. The summed E-state index contributed by atoms with van der Waals surface area (Å²) >= 11 is 1.89. The molecule has 2 aromatic carbocycles. The van der Waals surface area contributed by atoms with Gasteiger partial charge in [0.25, 0.3) is 0 Å². The second-order valence-corrected chi connectivity index (χ2v) is 6.27. The van der Waals surface area contributed by atoms with E-state index in [-0.39, 0.29) is 0 Å². The van der Waals surface area contributed by atoms with Gasteiger partial charge in [-0.05, 0) is 54.1 Å². The molecule has 0 N–H and O–H groups in total. The Kier molecular flexibility index (Phi) is 3.49. The molecular weight excluding hydrogens is 264 g/mol. The SMILES string of the molecule is COc1ccc(Cc2cc3ccccc3s2)c(C)c1C. The van der Waals surface area contributed by atoms with Gasteiger partial charge in [-0.2, -0.15) is 0 Å². The number of benzene rings is 2. The number of hydrogen-bond donors (Lipinski definition) is 0. The Morgan fingerprint density at radius 3 is 2.55 bits per heavy atom. The molecular formula is C18H18OS. The highest BCUT2D eigenvalue weighted by atomic mass is 32.1. The maximum absolute atomic E-state index is 5.38. The minimum Gasteiger partial charge on any atom is -0.496 e. The van der Waals surface area contributed by atoms with E-state index in [0.29, 0.717) is 0 Å². The first-order valence-corrected chi connectivity index (χ1v) is 7.61. The van der Waals surface area contributed by atoms with Crippen LogP contribution in [0.25, 0.3) is 10.1 Å². The summed E-state index contributed by atoms with van der Waals surface area (Å²) in [5.41, 5.74) is 3.96. The van der Waals surface area contributed by atoms with Crippen molar-refractivity contribution in [3.8, 4) is 5.75 Å². The van der Waals surface area contributed by atoms with Gasteiger partial charge in [0.05, 0.1) is 7.11 Å². The maximum Gasteiger partial charge on any atom is 0.122 e. The number of ether oxygens (including phenoxy) is 1. The second kappa shape index (κ2) is 5.29. The Bertz CT molecular complexity index is 722. The highest BCUT2D eigenvalue weighted by molar-refractivity contribution is 7.19. The largest absolute Gasteiger partial charge is 0.496 e. The van der Waals surface area contributed by atoms with Crippen LogP contribution in [0.3, 0.4) is 0 Å². The van der Waals surface area contributed by atoms with Crippen molar-refractivity contribution < 1.29 is 4.74 Å². The fourth-order valence-electron chi connectivity index (χ4n) is 2.58. The average molecular weight is 282 g/mol. The standard InChI is InChI=1S/C18H18OS/c1-12-13(2)17(19-3)9-8-14(12)10-16-11-15-6-4-5-7-18(15)20-16/h4-9,11H,10H2,1-3H3. The predicted molar refractivity (Wildman–Crippen MR) is 87.1 cm³/mol. The van der Waals surface area contributed by atoms with Crippen LogP contribution in [-0.4, -0.2) is 7.11 Å². The average Bonchev–Trinajstić information content (AvgIpc) is 2.86. The number of fused-ring (bicyclic) bond motifs is 1. The summed E-state index contributed by atoms with van der Waals surface area (Å²) in [7, 11) is 1.73. The van der Waals surface area contributed by atoms with E-state index in [1.807, 2.05) is 11.3 Å². The van der Waals surface area contributed by atoms with Gasteiger partial charge in [0, 0.05) is 16.0 Å². The van der Waals surface area contributed by atoms with E-state index in [2.05, 4.69) is 56.3 Å². The Morgan fingerprint density at radius 2 is 1.80 bits per heavy atom. The number of thiophene rings is 1. The van der Waals surface area contributed by atoms with Crippen molar-refractivity contribution in [1.29, 1.82) is 0 Å². The van der Waals surface area contributed by atoms with Gasteiger partial charge >= 0.3 is 0 Å². The molecule has 0 amide bonds. The lowest BCUT2D eigenvalue weighted by Gasteiger charge is -2.11. The van der Waals surface area contributed by atoms with Gasteiger partial charge in [-0.1, -0.05) is 24.3 Å². The molecule has 0 spiro atoms. The lowest BCUT2D eigenvalue weighted by molar-refractivity contribution is 0.411. The molecule has 3 rings (SSSR count). The van der Waals surface area contributed by atoms with Crippen LogP contribution in [0.5, 0.6) is 5.75 Å². The van der Waals surface area contributed by atoms with E-state index in [4.69, 9.17) is 4.74 Å². The van der Waals surface area contributed by atoms with Gasteiger partial charge in [-0.15, -0.1) is 11.3 Å². The zero-order valence-corrected chi connectivity index (χ0v) is 12.9. The molecule has 1 nitrogen and oxygen atoms in total. The molecule has 0 fully saturated rings. The van der Waals surface area contributed by atoms with Crippen LogP contribution < -0.4 is 4.74 Å². The van der Waals surface area contributed by atoms with Crippen LogP contribution in [0.1, 0.15) is 21.6 Å². The first-order valence-electron chi connectivity index (χ1n) is 6.79. The molecule has 102 valence electrons. The molecule has 0 saturated carbocycles. The van der Waals surface area contributed by atoms with Gasteiger partial charge in [-0.3, -0.25) is 0 Å². The quantitative estimate of drug-likeness (QED) is 0.648. The van der Waals surface area contributed by atoms with Gasteiger partial charge in [0.1, 0.15) is 5.75 Å². The lowest BCUT2D eigenvalue weighted by Crippen LogP contribution is -1.96. The smallest absolute Gasteiger partial charge is 0.122 e. The minimum absolute atomic E-state index is 0.975. The topological polar surface area (TPSA) is 9.23 Å². The van der Waals surface area contributed by atoms with Crippen LogP contribution in [0.4, 0.5) is 0 Å². The molecule has 0 atom stereocenters. The van der Waals surface area contributed by atoms with Crippen molar-refractivity contribution in [2.24, 2.45) is 0 Å². The molecule has 1 aromatic heterocycles. The molecule has 0 aliphatic carbocycles. The normalized spacial score (nSPS) is 10.9.